The first-order chi connectivity index (χ1) is 26.5. The molecule has 0 aliphatic carbocycles. The fourth-order valence-electron chi connectivity index (χ4n) is 4.01. The Morgan fingerprint density at radius 2 is 1.14 bits per heavy atom. The zero-order valence-corrected chi connectivity index (χ0v) is 33.2. The van der Waals surface area contributed by atoms with Gasteiger partial charge < -0.3 is 47.6 Å². The Balaban J connectivity index is 1.88. The zero-order valence-electron chi connectivity index (χ0n) is 31.6. The van der Waals surface area contributed by atoms with E-state index in [2.05, 4.69) is 5.32 Å². The van der Waals surface area contributed by atoms with Crippen LogP contribution < -0.4 is 10.5 Å². The number of halogens is 1. The Morgan fingerprint density at radius 3 is 1.54 bits per heavy atom. The Hall–Kier alpha value is -5.74. The van der Waals surface area contributed by atoms with Gasteiger partial charge in [-0.25, -0.2) is 51.9 Å². The minimum Gasteiger partial charge on any atom is -0.467 e. The molecule has 2 rings (SSSR count). The van der Waals surface area contributed by atoms with Crippen LogP contribution in [0.4, 0.5) is 5.69 Å². The number of rotatable bonds is 20. The number of ether oxygens (including phenoxy) is 8. The molecule has 0 aliphatic rings. The van der Waals surface area contributed by atoms with Gasteiger partial charge in [-0.2, -0.15) is 0 Å². The van der Waals surface area contributed by atoms with E-state index in [0.29, 0.717) is 5.76 Å². The Bertz CT molecular complexity index is 1920. The van der Waals surface area contributed by atoms with Crippen molar-refractivity contribution >= 4 is 75.1 Å². The Labute approximate surface area is 330 Å². The second kappa shape index (κ2) is 21.5. The van der Waals surface area contributed by atoms with Gasteiger partial charge in [0.15, 0.2) is 43.2 Å². The molecule has 1 heterocycles. The van der Waals surface area contributed by atoms with Crippen LogP contribution in [0, 0.1) is 0 Å². The maximum Gasteiger partial charge on any atom is 0.347 e. The van der Waals surface area contributed by atoms with Crippen LogP contribution >= 0.6 is 11.6 Å². The fraction of sp³-hybridized carbons (Fsp3) is 0.471. The van der Waals surface area contributed by atoms with Crippen LogP contribution in [0.2, 0.25) is 5.02 Å². The van der Waals surface area contributed by atoms with E-state index in [0.717, 1.165) is 46.8 Å². The third kappa shape index (κ3) is 15.0. The molecule has 57 heavy (non-hydrogen) atoms. The molecule has 0 saturated heterocycles. The Morgan fingerprint density at radius 1 is 0.702 bits per heavy atom. The number of carbonyl (C=O) groups is 8. The highest BCUT2D eigenvalue weighted by atomic mass is 35.5. The molecule has 1 aromatic heterocycles. The summed E-state index contributed by atoms with van der Waals surface area (Å²) in [4.78, 5) is 98.3. The molecule has 0 unspecified atom stereocenters. The van der Waals surface area contributed by atoms with E-state index >= 15 is 0 Å². The molecule has 0 spiro atoms. The van der Waals surface area contributed by atoms with Crippen LogP contribution in [0.25, 0.3) is 0 Å². The maximum absolute atomic E-state index is 12.9. The molecule has 0 bridgehead atoms. The van der Waals surface area contributed by atoms with Gasteiger partial charge in [-0.3, -0.25) is 0 Å². The van der Waals surface area contributed by atoms with Gasteiger partial charge in [0.25, 0.3) is 0 Å². The summed E-state index contributed by atoms with van der Waals surface area (Å²) in [6.45, 7) is 7.27. The smallest absolute Gasteiger partial charge is 0.347 e. The normalized spacial score (nSPS) is 14.2. The molecular formula is C34H41ClN2O19S. The van der Waals surface area contributed by atoms with E-state index in [-0.39, 0.29) is 29.4 Å². The number of nitrogens with one attached hydrogen (secondary N) is 1. The largest absolute Gasteiger partial charge is 0.467 e. The van der Waals surface area contributed by atoms with Gasteiger partial charge in [-0.15, -0.1) is 0 Å². The number of anilines is 1. The number of benzene rings is 1. The van der Waals surface area contributed by atoms with Gasteiger partial charge in [-0.1, -0.05) is 11.6 Å². The summed E-state index contributed by atoms with van der Waals surface area (Å²) in [7, 11) is -4.39. The molecule has 0 fully saturated rings. The van der Waals surface area contributed by atoms with Crippen LogP contribution in [0.1, 0.15) is 64.6 Å². The lowest BCUT2D eigenvalue weighted by Crippen LogP contribution is -2.39. The van der Waals surface area contributed by atoms with Crippen molar-refractivity contribution in [3.05, 3.63) is 46.9 Å². The van der Waals surface area contributed by atoms with Gasteiger partial charge in [-0.05, 0) is 72.7 Å². The maximum atomic E-state index is 12.9. The number of hydrogen-bond donors (Lipinski definition) is 2. The number of sulfonamides is 1. The first-order valence-corrected chi connectivity index (χ1v) is 18.7. The second-order valence-corrected chi connectivity index (χ2v) is 13.6. The van der Waals surface area contributed by atoms with E-state index in [1.165, 1.54) is 13.2 Å². The number of nitrogens with two attached hydrogens (primary N) is 1. The number of hydrogen-bond acceptors (Lipinski definition) is 20. The number of furan rings is 1. The number of primary sulfonamides is 1. The van der Waals surface area contributed by atoms with E-state index in [1.54, 1.807) is 19.1 Å². The topological polar surface area (TPSA) is 296 Å². The van der Waals surface area contributed by atoms with Gasteiger partial charge in [0.2, 0.25) is 10.0 Å². The Kier molecular flexibility index (Phi) is 17.9. The quantitative estimate of drug-likeness (QED) is 0.141. The predicted octanol–water partition coefficient (Wildman–Crippen LogP) is 1.50. The van der Waals surface area contributed by atoms with Crippen molar-refractivity contribution in [3.63, 3.8) is 0 Å². The summed E-state index contributed by atoms with van der Waals surface area (Å²) in [5, 5.41) is 7.70. The van der Waals surface area contributed by atoms with E-state index in [9.17, 15) is 46.8 Å². The third-order valence-electron chi connectivity index (χ3n) is 7.00. The van der Waals surface area contributed by atoms with Crippen molar-refractivity contribution in [1.29, 1.82) is 0 Å². The summed E-state index contributed by atoms with van der Waals surface area (Å²) in [6, 6.07) is 5.16. The lowest BCUT2D eigenvalue weighted by Gasteiger charge is -2.20. The van der Waals surface area contributed by atoms with Crippen LogP contribution in [0.3, 0.4) is 0 Å². The number of carbonyl (C=O) groups excluding carboxylic acids is 8. The fourth-order valence-corrected chi connectivity index (χ4v) is 5.11. The van der Waals surface area contributed by atoms with E-state index < -0.39 is 106 Å². The monoisotopic (exact) mass is 848 g/mol. The SMILES string of the molecule is CCOC(=O)[C@H](C)OC(=O)[C@H](C)OC(=O)[C@H](C)OC(=O)[C@H](C)OC(=O)[C@H](C)OC(=O)[C@H](C)OC(=O)COC(=O)c1cc(S(N)(=O)=O)c(Cl)cc1NCc1ccco1. The van der Waals surface area contributed by atoms with Crippen LogP contribution in [-0.4, -0.2) is 106 Å². The van der Waals surface area contributed by atoms with Crippen molar-refractivity contribution in [2.75, 3.05) is 18.5 Å². The van der Waals surface area contributed by atoms with E-state index in [4.69, 9.17) is 59.1 Å². The van der Waals surface area contributed by atoms with Crippen molar-refractivity contribution in [2.45, 2.75) is 96.5 Å². The molecule has 0 saturated carbocycles. The average molecular weight is 849 g/mol. The molecule has 2 aromatic rings. The number of esters is 8. The molecule has 21 nitrogen and oxygen atoms in total. The zero-order chi connectivity index (χ0) is 43.2. The summed E-state index contributed by atoms with van der Waals surface area (Å²) in [5.74, 6) is -8.84. The highest BCUT2D eigenvalue weighted by molar-refractivity contribution is 7.89. The molecule has 0 radical (unpaired) electrons. The summed E-state index contributed by atoms with van der Waals surface area (Å²) in [5.41, 5.74) is -0.390. The van der Waals surface area contributed by atoms with Crippen molar-refractivity contribution in [2.24, 2.45) is 5.14 Å². The lowest BCUT2D eigenvalue weighted by molar-refractivity contribution is -0.188. The summed E-state index contributed by atoms with van der Waals surface area (Å²) < 4.78 is 68.3. The minimum atomic E-state index is -4.39. The highest BCUT2D eigenvalue weighted by Crippen LogP contribution is 2.29. The third-order valence-corrected chi connectivity index (χ3v) is 8.38. The molecular weight excluding hydrogens is 808 g/mol. The van der Waals surface area contributed by atoms with E-state index in [1.807, 2.05) is 0 Å². The van der Waals surface area contributed by atoms with Crippen molar-refractivity contribution in [1.82, 2.24) is 0 Å². The van der Waals surface area contributed by atoms with Gasteiger partial charge in [0.1, 0.15) is 10.7 Å². The summed E-state index contributed by atoms with van der Waals surface area (Å²) >= 11 is 6.05. The van der Waals surface area contributed by atoms with Gasteiger partial charge in [0.05, 0.1) is 35.7 Å². The summed E-state index contributed by atoms with van der Waals surface area (Å²) in [6.07, 6.45) is -7.96. The van der Waals surface area contributed by atoms with Crippen LogP contribution in [0.5, 0.6) is 0 Å². The second-order valence-electron chi connectivity index (χ2n) is 11.7. The van der Waals surface area contributed by atoms with Crippen molar-refractivity contribution in [3.8, 4) is 0 Å². The van der Waals surface area contributed by atoms with Crippen LogP contribution in [0.15, 0.2) is 39.8 Å². The molecule has 23 heteroatoms. The van der Waals surface area contributed by atoms with Crippen LogP contribution in [-0.2, 0) is 88.0 Å². The predicted molar refractivity (Wildman–Crippen MR) is 189 cm³/mol. The molecule has 6 atom stereocenters. The highest BCUT2D eigenvalue weighted by Gasteiger charge is 2.32. The minimum absolute atomic E-state index is 0.00650. The molecule has 3 N–H and O–H groups in total. The first-order valence-electron chi connectivity index (χ1n) is 16.7. The molecule has 0 aliphatic heterocycles. The van der Waals surface area contributed by atoms with Gasteiger partial charge in [0, 0.05) is 0 Å². The average Bonchev–Trinajstić information content (AvgIpc) is 3.66. The van der Waals surface area contributed by atoms with Crippen molar-refractivity contribution < 1.29 is 89.1 Å². The molecule has 314 valence electrons. The first kappa shape index (κ1) is 47.4. The molecule has 1 aromatic carbocycles. The molecule has 0 amide bonds. The van der Waals surface area contributed by atoms with Gasteiger partial charge >= 0.3 is 47.8 Å². The standard InChI is InChI=1S/C34H41ClN2O19S/c1-8-48-28(39)16(2)52-30(41)18(4)54-32(43)20(6)56-33(44)21(7)55-31(42)19(5)53-29(40)17(3)51-27(38)15-50-34(45)23-12-26(57(36,46)47)24(35)13-25(23)37-14-22-10-9-11-49-22/h9-13,16-21,37H,8,14-15H2,1-7H3,(H2,36,46,47)/t16-,17-,18-,19-,20-,21-/m0/s1. The lowest BCUT2D eigenvalue weighted by atomic mass is 10.1.